The summed E-state index contributed by atoms with van der Waals surface area (Å²) in [5.41, 5.74) is -4.47. The van der Waals surface area contributed by atoms with Crippen LogP contribution in [0.2, 0.25) is 0 Å². The van der Waals surface area contributed by atoms with Gasteiger partial charge in [-0.1, -0.05) is 27.7 Å². The molecule has 1 heterocycles. The van der Waals surface area contributed by atoms with Crippen molar-refractivity contribution in [2.24, 2.45) is 34.0 Å². The van der Waals surface area contributed by atoms with Gasteiger partial charge in [-0.15, -0.1) is 0 Å². The van der Waals surface area contributed by atoms with E-state index in [-0.39, 0.29) is 47.0 Å². The van der Waals surface area contributed by atoms with Crippen LogP contribution in [0.15, 0.2) is 0 Å². The molecule has 6 atom stereocenters. The van der Waals surface area contributed by atoms with E-state index in [9.17, 15) is 32.3 Å². The number of ether oxygens (including phenoxy) is 4. The largest absolute Gasteiger partial charge is 0.465 e. The summed E-state index contributed by atoms with van der Waals surface area (Å²) in [4.78, 5) is 47.2. The van der Waals surface area contributed by atoms with Crippen LogP contribution in [-0.2, 0) is 38.1 Å². The van der Waals surface area contributed by atoms with Gasteiger partial charge < -0.3 is 24.1 Å². The molecule has 6 unspecified atom stereocenters. The van der Waals surface area contributed by atoms with Gasteiger partial charge in [0.05, 0.1) is 28.8 Å². The van der Waals surface area contributed by atoms with E-state index < -0.39 is 41.6 Å². The summed E-state index contributed by atoms with van der Waals surface area (Å²) >= 11 is 0. The minimum absolute atomic E-state index is 0.0197. The molecule has 1 saturated heterocycles. The number of aliphatic hydroxyl groups is 1. The van der Waals surface area contributed by atoms with Crippen LogP contribution in [0.25, 0.3) is 0 Å². The molecule has 0 radical (unpaired) electrons. The van der Waals surface area contributed by atoms with Crippen molar-refractivity contribution in [1.82, 2.24) is 0 Å². The van der Waals surface area contributed by atoms with E-state index >= 15 is 0 Å². The van der Waals surface area contributed by atoms with Crippen molar-refractivity contribution in [1.29, 1.82) is 0 Å². The molecule has 1 aliphatic heterocycles. The minimum Gasteiger partial charge on any atom is -0.465 e. The zero-order valence-electron chi connectivity index (χ0n) is 32.2. The van der Waals surface area contributed by atoms with Crippen LogP contribution in [0.4, 0.5) is 13.2 Å². The van der Waals surface area contributed by atoms with Crippen LogP contribution < -0.4 is 0 Å². The molecule has 290 valence electrons. The highest BCUT2D eigenvalue weighted by molar-refractivity contribution is 5.78. The smallest absolute Gasteiger partial charge is 0.417 e. The molecular formula is C38H63F3O9. The SMILES string of the molecule is CCC(C)(C)C(=O)OC1C2CC3C(=O)OC1C3C2.CCC(C)(C)C(=O)OCCC(C)(O)C(F)(F)F.CCC1(OC(=O)C(C)(C)CC)CCCC1. The molecule has 2 bridgehead atoms. The van der Waals surface area contributed by atoms with Gasteiger partial charge in [0.2, 0.25) is 0 Å². The Hall–Kier alpha value is -2.37. The minimum atomic E-state index is -4.72. The fourth-order valence-electron chi connectivity index (χ4n) is 6.34. The third-order valence-electron chi connectivity index (χ3n) is 11.9. The lowest BCUT2D eigenvalue weighted by molar-refractivity contribution is -0.257. The Morgan fingerprint density at radius 2 is 1.32 bits per heavy atom. The molecule has 0 aromatic rings. The second-order valence-electron chi connectivity index (χ2n) is 16.8. The van der Waals surface area contributed by atoms with Crippen molar-refractivity contribution >= 4 is 23.9 Å². The maximum Gasteiger partial charge on any atom is 0.417 e. The average Bonchev–Trinajstić information content (AvgIpc) is 3.80. The zero-order chi connectivity index (χ0) is 38.5. The zero-order valence-corrected chi connectivity index (χ0v) is 32.2. The summed E-state index contributed by atoms with van der Waals surface area (Å²) in [5.74, 6) is -0.123. The molecule has 12 heteroatoms. The number of fused-ring (bicyclic) bond motifs is 1. The number of carbonyl (C=O) groups excluding carboxylic acids is 4. The monoisotopic (exact) mass is 720 g/mol. The van der Waals surface area contributed by atoms with Crippen LogP contribution in [0.1, 0.15) is 147 Å². The van der Waals surface area contributed by atoms with Crippen molar-refractivity contribution in [3.63, 3.8) is 0 Å². The summed E-state index contributed by atoms with van der Waals surface area (Å²) in [6, 6.07) is 0. The lowest BCUT2D eigenvalue weighted by Gasteiger charge is -2.32. The van der Waals surface area contributed by atoms with Gasteiger partial charge in [-0.05, 0) is 113 Å². The number of carbonyl (C=O) groups is 4. The molecule has 0 spiro atoms. The highest BCUT2D eigenvalue weighted by atomic mass is 19.4. The lowest BCUT2D eigenvalue weighted by atomic mass is 9.87. The van der Waals surface area contributed by atoms with Gasteiger partial charge in [-0.25, -0.2) is 0 Å². The number of esters is 4. The van der Waals surface area contributed by atoms with Crippen LogP contribution >= 0.6 is 0 Å². The Labute approximate surface area is 297 Å². The molecule has 3 aliphatic carbocycles. The van der Waals surface area contributed by atoms with Gasteiger partial charge in [0.15, 0.2) is 5.60 Å². The number of rotatable bonds is 12. The average molecular weight is 721 g/mol. The van der Waals surface area contributed by atoms with Gasteiger partial charge >= 0.3 is 30.1 Å². The summed E-state index contributed by atoms with van der Waals surface area (Å²) in [7, 11) is 0. The van der Waals surface area contributed by atoms with E-state index in [4.69, 9.17) is 24.1 Å². The first-order valence-electron chi connectivity index (χ1n) is 18.4. The summed E-state index contributed by atoms with van der Waals surface area (Å²) in [6.07, 6.45) is 3.64. The summed E-state index contributed by atoms with van der Waals surface area (Å²) < 4.78 is 58.3. The maximum atomic E-state index is 12.3. The summed E-state index contributed by atoms with van der Waals surface area (Å²) in [5, 5.41) is 9.11. The molecule has 0 aromatic carbocycles. The predicted octanol–water partition coefficient (Wildman–Crippen LogP) is 8.27. The van der Waals surface area contributed by atoms with Crippen molar-refractivity contribution < 1.29 is 56.4 Å². The Kier molecular flexibility index (Phi) is 14.5. The van der Waals surface area contributed by atoms with E-state index in [1.54, 1.807) is 20.8 Å². The second-order valence-corrected chi connectivity index (χ2v) is 16.8. The van der Waals surface area contributed by atoms with Crippen LogP contribution in [0.5, 0.6) is 0 Å². The Balaban J connectivity index is 0.000000262. The molecule has 0 amide bonds. The molecule has 4 aliphatic rings. The van der Waals surface area contributed by atoms with Gasteiger partial charge in [0.1, 0.15) is 17.8 Å². The molecule has 1 N–H and O–H groups in total. The standard InChI is InChI=1S/C14H20O4.C13H24O2.C11H19F3O3/c1-4-14(2,3)13(16)18-10-7-5-8-9(6-7)12(15)17-11(8)10;1-5-12(3,4)11(14)15-13(6-2)9-7-8-10-13;1-5-9(2,3)8(15)17-7-6-10(4,16)11(12,13)14/h7-11H,4-6H2,1-3H3;5-10H2,1-4H3;16H,5-7H2,1-4H3. The molecule has 4 fully saturated rings. The topological polar surface area (TPSA) is 125 Å². The van der Waals surface area contributed by atoms with E-state index in [0.29, 0.717) is 25.2 Å². The molecular weight excluding hydrogens is 657 g/mol. The fraction of sp³-hybridized carbons (Fsp3) is 0.895. The van der Waals surface area contributed by atoms with Gasteiger partial charge in [-0.2, -0.15) is 13.2 Å². The lowest BCUT2D eigenvalue weighted by Crippen LogP contribution is -2.43. The van der Waals surface area contributed by atoms with Gasteiger partial charge in [-0.3, -0.25) is 19.2 Å². The number of halogens is 3. The van der Waals surface area contributed by atoms with Crippen LogP contribution in [-0.4, -0.2) is 65.2 Å². The second kappa shape index (κ2) is 16.5. The van der Waals surface area contributed by atoms with Crippen molar-refractivity contribution in [2.45, 2.75) is 176 Å². The molecule has 0 aromatic heterocycles. The molecule has 3 saturated carbocycles. The first-order valence-corrected chi connectivity index (χ1v) is 18.4. The molecule has 4 rings (SSSR count). The van der Waals surface area contributed by atoms with Crippen LogP contribution in [0, 0.1) is 34.0 Å². The summed E-state index contributed by atoms with van der Waals surface area (Å²) in [6.45, 7) is 19.2. The van der Waals surface area contributed by atoms with Gasteiger partial charge in [0, 0.05) is 18.3 Å². The van der Waals surface area contributed by atoms with E-state index in [1.807, 2.05) is 41.5 Å². The van der Waals surface area contributed by atoms with E-state index in [1.165, 1.54) is 12.8 Å². The molecule has 9 nitrogen and oxygen atoms in total. The van der Waals surface area contributed by atoms with Crippen molar-refractivity contribution in [3.8, 4) is 0 Å². The number of hydrogen-bond acceptors (Lipinski definition) is 9. The first-order chi connectivity index (χ1) is 22.8. The predicted molar refractivity (Wildman–Crippen MR) is 182 cm³/mol. The number of alkyl halides is 3. The first kappa shape index (κ1) is 43.8. The third-order valence-corrected chi connectivity index (χ3v) is 11.9. The Morgan fingerprint density at radius 1 is 0.820 bits per heavy atom. The van der Waals surface area contributed by atoms with Crippen molar-refractivity contribution in [2.75, 3.05) is 6.61 Å². The third kappa shape index (κ3) is 10.4. The molecule has 50 heavy (non-hydrogen) atoms. The maximum absolute atomic E-state index is 12.3. The quantitative estimate of drug-likeness (QED) is 0.157. The van der Waals surface area contributed by atoms with Crippen molar-refractivity contribution in [3.05, 3.63) is 0 Å². The van der Waals surface area contributed by atoms with E-state index in [0.717, 1.165) is 44.9 Å². The number of hydrogen-bond donors (Lipinski definition) is 1. The highest BCUT2D eigenvalue weighted by Gasteiger charge is 2.63. The van der Waals surface area contributed by atoms with Crippen LogP contribution in [0.3, 0.4) is 0 Å². The fourth-order valence-corrected chi connectivity index (χ4v) is 6.34. The highest BCUT2D eigenvalue weighted by Crippen LogP contribution is 2.55. The van der Waals surface area contributed by atoms with E-state index in [2.05, 4.69) is 6.92 Å². The normalized spacial score (nSPS) is 26.5. The Morgan fingerprint density at radius 3 is 1.80 bits per heavy atom. The Bertz CT molecular complexity index is 1180. The van der Waals surface area contributed by atoms with Gasteiger partial charge in [0.25, 0.3) is 0 Å².